The molecule has 11 heteroatoms. The number of halogens is 1. The Morgan fingerprint density at radius 2 is 1.75 bits per heavy atom. The lowest BCUT2D eigenvalue weighted by Gasteiger charge is -2.25. The molecule has 2 aliphatic rings. The fourth-order valence-electron chi connectivity index (χ4n) is 6.60. The molecule has 3 aromatic carbocycles. The number of imidazole rings is 1. The number of hydrogen-bond donors (Lipinski definition) is 1. The van der Waals surface area contributed by atoms with Crippen molar-refractivity contribution < 1.29 is 18.7 Å². The van der Waals surface area contributed by atoms with E-state index in [-0.39, 0.29) is 11.7 Å². The van der Waals surface area contributed by atoms with Crippen molar-refractivity contribution in [3.63, 3.8) is 0 Å². The van der Waals surface area contributed by atoms with E-state index >= 15 is 0 Å². The van der Waals surface area contributed by atoms with Gasteiger partial charge in [-0.2, -0.15) is 4.98 Å². The Morgan fingerprint density at radius 1 is 0.938 bits per heavy atom. The van der Waals surface area contributed by atoms with Crippen molar-refractivity contribution in [3.8, 4) is 34.1 Å². The van der Waals surface area contributed by atoms with E-state index in [2.05, 4.69) is 14.8 Å². The summed E-state index contributed by atoms with van der Waals surface area (Å²) in [4.78, 5) is 31.3. The number of aromatic nitrogens is 4. The standard InChI is InChI=1S/C37H35FN6O3S/c1-21-25(35-40-29-19-23(38)11-14-30(29)44(35)24-12-13-24)8-7-9-27(21)41-36(45)26-20-28(22-10-15-31(46-2)32(18-22)47-3)39-34-33(26)48-37(42-34)43-16-5-4-6-17-43/h7-11,14-15,18-20,24H,4-6,12-13,16-17H2,1-3H3,(H,41,45). The van der Waals surface area contributed by atoms with Crippen molar-refractivity contribution in [1.82, 2.24) is 19.5 Å². The van der Waals surface area contributed by atoms with Gasteiger partial charge in [-0.3, -0.25) is 4.79 Å². The lowest BCUT2D eigenvalue weighted by atomic mass is 10.0. The van der Waals surface area contributed by atoms with Crippen LogP contribution in [0.2, 0.25) is 0 Å². The predicted octanol–water partition coefficient (Wildman–Crippen LogP) is 8.42. The predicted molar refractivity (Wildman–Crippen MR) is 188 cm³/mol. The highest BCUT2D eigenvalue weighted by Crippen LogP contribution is 2.43. The van der Waals surface area contributed by atoms with Crippen LogP contribution in [0.4, 0.5) is 15.2 Å². The topological polar surface area (TPSA) is 94.4 Å². The van der Waals surface area contributed by atoms with Gasteiger partial charge in [-0.1, -0.05) is 23.5 Å². The fourth-order valence-corrected chi connectivity index (χ4v) is 7.67. The summed E-state index contributed by atoms with van der Waals surface area (Å²) in [5, 5.41) is 4.08. The Hall–Kier alpha value is -5.03. The van der Waals surface area contributed by atoms with Gasteiger partial charge in [-0.05, 0) is 87.1 Å². The number of nitrogens with one attached hydrogen (secondary N) is 1. The first-order valence-electron chi connectivity index (χ1n) is 16.3. The highest BCUT2D eigenvalue weighted by atomic mass is 32.1. The average molecular weight is 663 g/mol. The second kappa shape index (κ2) is 12.2. The van der Waals surface area contributed by atoms with Crippen LogP contribution in [0.3, 0.4) is 0 Å². The summed E-state index contributed by atoms with van der Waals surface area (Å²) >= 11 is 1.51. The van der Waals surface area contributed by atoms with Gasteiger partial charge in [-0.25, -0.2) is 14.4 Å². The van der Waals surface area contributed by atoms with Gasteiger partial charge in [0.05, 0.1) is 41.2 Å². The van der Waals surface area contributed by atoms with Crippen molar-refractivity contribution >= 4 is 49.4 Å². The number of benzene rings is 3. The third-order valence-corrected chi connectivity index (χ3v) is 10.4. The normalized spacial score (nSPS) is 14.9. The summed E-state index contributed by atoms with van der Waals surface area (Å²) in [7, 11) is 3.19. The Kier molecular flexibility index (Phi) is 7.71. The van der Waals surface area contributed by atoms with Gasteiger partial charge in [0.1, 0.15) is 11.6 Å². The summed E-state index contributed by atoms with van der Waals surface area (Å²) in [6.07, 6.45) is 5.56. The zero-order chi connectivity index (χ0) is 32.9. The summed E-state index contributed by atoms with van der Waals surface area (Å²) in [5.74, 6) is 1.40. The first kappa shape index (κ1) is 30.3. The van der Waals surface area contributed by atoms with Crippen molar-refractivity contribution in [2.24, 2.45) is 0 Å². The van der Waals surface area contributed by atoms with Crippen molar-refractivity contribution in [3.05, 3.63) is 77.6 Å². The third-order valence-electron chi connectivity index (χ3n) is 9.29. The third kappa shape index (κ3) is 5.41. The zero-order valence-electron chi connectivity index (χ0n) is 27.0. The number of carbonyl (C=O) groups excluding carboxylic acids is 1. The Labute approximate surface area is 281 Å². The Morgan fingerprint density at radius 3 is 2.52 bits per heavy atom. The van der Waals surface area contributed by atoms with Crippen LogP contribution in [0.1, 0.15) is 54.1 Å². The summed E-state index contributed by atoms with van der Waals surface area (Å²) in [5.41, 5.74) is 6.42. The molecule has 9 nitrogen and oxygen atoms in total. The minimum Gasteiger partial charge on any atom is -0.493 e. The quantitative estimate of drug-likeness (QED) is 0.175. The molecule has 1 N–H and O–H groups in total. The highest BCUT2D eigenvalue weighted by Gasteiger charge is 2.30. The second-order valence-corrected chi connectivity index (χ2v) is 13.4. The SMILES string of the molecule is COc1ccc(-c2cc(C(=O)Nc3cccc(-c4nc5cc(F)ccc5n4C4CC4)c3C)c3sc(N4CCCCC4)nc3n2)cc1OC. The number of methoxy groups -OCH3 is 2. The number of fused-ring (bicyclic) bond motifs is 2. The van der Waals surface area contributed by atoms with E-state index in [0.717, 1.165) is 76.6 Å². The van der Waals surface area contributed by atoms with E-state index in [4.69, 9.17) is 24.4 Å². The second-order valence-electron chi connectivity index (χ2n) is 12.4. The smallest absolute Gasteiger partial charge is 0.257 e. The lowest BCUT2D eigenvalue weighted by Crippen LogP contribution is -2.29. The van der Waals surface area contributed by atoms with Gasteiger partial charge in [0, 0.05) is 42.0 Å². The molecule has 0 atom stereocenters. The molecular weight excluding hydrogens is 628 g/mol. The van der Waals surface area contributed by atoms with Gasteiger partial charge in [0.2, 0.25) is 0 Å². The van der Waals surface area contributed by atoms with E-state index in [9.17, 15) is 9.18 Å². The molecule has 8 rings (SSSR count). The van der Waals surface area contributed by atoms with Gasteiger partial charge in [-0.15, -0.1) is 0 Å². The van der Waals surface area contributed by atoms with Gasteiger partial charge < -0.3 is 24.3 Å². The molecule has 1 saturated heterocycles. The van der Waals surface area contributed by atoms with E-state index in [1.165, 1.54) is 29.9 Å². The molecule has 6 aromatic rings. The first-order valence-corrected chi connectivity index (χ1v) is 17.1. The number of anilines is 2. The zero-order valence-corrected chi connectivity index (χ0v) is 27.9. The van der Waals surface area contributed by atoms with Crippen LogP contribution in [-0.4, -0.2) is 52.7 Å². The minimum atomic E-state index is -0.310. The number of thiazole rings is 1. The van der Waals surface area contributed by atoms with Gasteiger partial charge in [0.15, 0.2) is 22.3 Å². The van der Waals surface area contributed by atoms with Crippen LogP contribution in [-0.2, 0) is 0 Å². The molecule has 244 valence electrons. The van der Waals surface area contributed by atoms with E-state index in [0.29, 0.717) is 45.6 Å². The lowest BCUT2D eigenvalue weighted by molar-refractivity contribution is 0.102. The van der Waals surface area contributed by atoms with Crippen LogP contribution >= 0.6 is 11.3 Å². The maximum absolute atomic E-state index is 14.3. The highest BCUT2D eigenvalue weighted by molar-refractivity contribution is 7.22. The summed E-state index contributed by atoms with van der Waals surface area (Å²) in [6.45, 7) is 3.86. The van der Waals surface area contributed by atoms with Crippen LogP contribution in [0.5, 0.6) is 11.5 Å². The van der Waals surface area contributed by atoms with E-state index < -0.39 is 0 Å². The van der Waals surface area contributed by atoms with Crippen LogP contribution in [0.15, 0.2) is 60.7 Å². The minimum absolute atomic E-state index is 0.254. The molecule has 1 saturated carbocycles. The average Bonchev–Trinajstić information content (AvgIpc) is 3.74. The first-order chi connectivity index (χ1) is 23.4. The molecule has 0 unspecified atom stereocenters. The molecule has 1 aliphatic heterocycles. The monoisotopic (exact) mass is 662 g/mol. The molecule has 1 aliphatic carbocycles. The maximum atomic E-state index is 14.3. The van der Waals surface area contributed by atoms with Crippen LogP contribution in [0.25, 0.3) is 44.0 Å². The number of ether oxygens (including phenoxy) is 2. The van der Waals surface area contributed by atoms with Crippen molar-refractivity contribution in [2.45, 2.75) is 45.1 Å². The Balaban J connectivity index is 1.20. The molecule has 1 amide bonds. The fraction of sp³-hybridized carbons (Fsp3) is 0.297. The number of hydrogen-bond acceptors (Lipinski definition) is 8. The summed E-state index contributed by atoms with van der Waals surface area (Å²) < 4.78 is 28.1. The molecule has 4 heterocycles. The number of piperidine rings is 1. The molecule has 2 fully saturated rings. The molecule has 48 heavy (non-hydrogen) atoms. The molecular formula is C37H35FN6O3S. The van der Waals surface area contributed by atoms with Crippen molar-refractivity contribution in [2.75, 3.05) is 37.5 Å². The molecule has 3 aromatic heterocycles. The van der Waals surface area contributed by atoms with Crippen LogP contribution in [0, 0.1) is 12.7 Å². The molecule has 0 bridgehead atoms. The molecule has 0 radical (unpaired) electrons. The van der Waals surface area contributed by atoms with Crippen LogP contribution < -0.4 is 19.7 Å². The maximum Gasteiger partial charge on any atom is 0.257 e. The van der Waals surface area contributed by atoms with E-state index in [1.807, 2.05) is 49.4 Å². The summed E-state index contributed by atoms with van der Waals surface area (Å²) in [6, 6.07) is 18.4. The molecule has 0 spiro atoms. The number of rotatable bonds is 8. The number of amides is 1. The van der Waals surface area contributed by atoms with Gasteiger partial charge >= 0.3 is 0 Å². The number of carbonyl (C=O) groups is 1. The van der Waals surface area contributed by atoms with E-state index in [1.54, 1.807) is 20.3 Å². The Bertz CT molecular complexity index is 2200. The van der Waals surface area contributed by atoms with Gasteiger partial charge in [0.25, 0.3) is 5.91 Å². The van der Waals surface area contributed by atoms with Crippen molar-refractivity contribution in [1.29, 1.82) is 0 Å². The number of pyridine rings is 1. The number of nitrogens with zero attached hydrogens (tertiary/aromatic N) is 5. The largest absolute Gasteiger partial charge is 0.493 e.